The minimum absolute atomic E-state index is 0.0112. The third-order valence-electron chi connectivity index (χ3n) is 3.34. The number of nitrogens with one attached hydrogen (secondary N) is 2. The predicted octanol–water partition coefficient (Wildman–Crippen LogP) is 3.18. The molecule has 0 heterocycles. The van der Waals surface area contributed by atoms with Crippen LogP contribution in [0.25, 0.3) is 0 Å². The van der Waals surface area contributed by atoms with Crippen LogP contribution in [0.3, 0.4) is 0 Å². The maximum atomic E-state index is 11.8. The van der Waals surface area contributed by atoms with Crippen LogP contribution in [-0.4, -0.2) is 18.4 Å². The molecule has 0 fully saturated rings. The molecule has 0 aliphatic rings. The van der Waals surface area contributed by atoms with Gasteiger partial charge in [0, 0.05) is 24.1 Å². The summed E-state index contributed by atoms with van der Waals surface area (Å²) in [6, 6.07) is 5.87. The summed E-state index contributed by atoms with van der Waals surface area (Å²) in [6.45, 7) is 10.2. The highest BCUT2D eigenvalue weighted by Crippen LogP contribution is 2.15. The van der Waals surface area contributed by atoms with E-state index in [2.05, 4.69) is 10.6 Å². The minimum atomic E-state index is -0.387. The quantitative estimate of drug-likeness (QED) is 0.818. The fourth-order valence-electron chi connectivity index (χ4n) is 1.76. The summed E-state index contributed by atoms with van der Waals surface area (Å²) in [6.07, 6.45) is 1.04. The SMILES string of the molecule is Cc1ccc(NC(=O)CCCNC(=O)C(C)(C)C)cc1C. The second-order valence-corrected chi connectivity index (χ2v) is 6.46. The van der Waals surface area contributed by atoms with Crippen molar-refractivity contribution >= 4 is 17.5 Å². The van der Waals surface area contributed by atoms with Crippen molar-refractivity contribution in [2.45, 2.75) is 47.5 Å². The smallest absolute Gasteiger partial charge is 0.225 e. The van der Waals surface area contributed by atoms with Crippen molar-refractivity contribution in [2.24, 2.45) is 5.41 Å². The highest BCUT2D eigenvalue weighted by Gasteiger charge is 2.20. The van der Waals surface area contributed by atoms with E-state index in [0.717, 1.165) is 11.3 Å². The van der Waals surface area contributed by atoms with Crippen molar-refractivity contribution in [1.82, 2.24) is 5.32 Å². The average molecular weight is 290 g/mol. The van der Waals surface area contributed by atoms with Gasteiger partial charge in [-0.3, -0.25) is 9.59 Å². The Morgan fingerprint density at radius 1 is 1.10 bits per heavy atom. The summed E-state index contributed by atoms with van der Waals surface area (Å²) < 4.78 is 0. The highest BCUT2D eigenvalue weighted by molar-refractivity contribution is 5.90. The molecule has 0 radical (unpaired) electrons. The number of benzene rings is 1. The number of hydrogen-bond donors (Lipinski definition) is 2. The number of hydrogen-bond acceptors (Lipinski definition) is 2. The van der Waals surface area contributed by atoms with E-state index in [4.69, 9.17) is 0 Å². The summed E-state index contributed by atoms with van der Waals surface area (Å²) >= 11 is 0. The molecule has 0 saturated heterocycles. The largest absolute Gasteiger partial charge is 0.356 e. The first-order valence-corrected chi connectivity index (χ1v) is 7.35. The normalized spacial score (nSPS) is 11.1. The Hall–Kier alpha value is -1.84. The zero-order valence-corrected chi connectivity index (χ0v) is 13.7. The van der Waals surface area contributed by atoms with Crippen molar-refractivity contribution in [3.63, 3.8) is 0 Å². The second kappa shape index (κ2) is 7.25. The van der Waals surface area contributed by atoms with Gasteiger partial charge >= 0.3 is 0 Å². The first kappa shape index (κ1) is 17.2. The molecule has 0 saturated carbocycles. The lowest BCUT2D eigenvalue weighted by Gasteiger charge is -2.17. The number of anilines is 1. The van der Waals surface area contributed by atoms with Crippen molar-refractivity contribution in [3.8, 4) is 0 Å². The molecule has 0 spiro atoms. The van der Waals surface area contributed by atoms with Crippen molar-refractivity contribution in [2.75, 3.05) is 11.9 Å². The Morgan fingerprint density at radius 3 is 2.33 bits per heavy atom. The van der Waals surface area contributed by atoms with Crippen LogP contribution in [0, 0.1) is 19.3 Å². The number of carbonyl (C=O) groups excluding carboxylic acids is 2. The first-order chi connectivity index (χ1) is 9.70. The zero-order valence-electron chi connectivity index (χ0n) is 13.7. The van der Waals surface area contributed by atoms with Crippen molar-refractivity contribution < 1.29 is 9.59 Å². The van der Waals surface area contributed by atoms with Gasteiger partial charge in [-0.05, 0) is 43.5 Å². The molecule has 4 nitrogen and oxygen atoms in total. The molecule has 116 valence electrons. The van der Waals surface area contributed by atoms with Crippen LogP contribution in [0.2, 0.25) is 0 Å². The number of amides is 2. The van der Waals surface area contributed by atoms with Crippen LogP contribution in [0.15, 0.2) is 18.2 Å². The van der Waals surface area contributed by atoms with Gasteiger partial charge in [0.15, 0.2) is 0 Å². The Balaban J connectivity index is 2.32. The predicted molar refractivity (Wildman–Crippen MR) is 86.2 cm³/mol. The molecule has 1 aromatic carbocycles. The monoisotopic (exact) mass is 290 g/mol. The van der Waals surface area contributed by atoms with Crippen LogP contribution in [-0.2, 0) is 9.59 Å². The van der Waals surface area contributed by atoms with E-state index in [-0.39, 0.29) is 17.2 Å². The van der Waals surface area contributed by atoms with Crippen molar-refractivity contribution in [3.05, 3.63) is 29.3 Å². The standard InChI is InChI=1S/C17H26N2O2/c1-12-8-9-14(11-13(12)2)19-15(20)7-6-10-18-16(21)17(3,4)5/h8-9,11H,6-7,10H2,1-5H3,(H,18,21)(H,19,20). The Morgan fingerprint density at radius 2 is 1.76 bits per heavy atom. The number of rotatable bonds is 5. The van der Waals surface area contributed by atoms with Crippen LogP contribution in [0.5, 0.6) is 0 Å². The summed E-state index contributed by atoms with van der Waals surface area (Å²) in [7, 11) is 0. The molecule has 0 atom stereocenters. The van der Waals surface area contributed by atoms with Gasteiger partial charge in [-0.25, -0.2) is 0 Å². The fraction of sp³-hybridized carbons (Fsp3) is 0.529. The molecule has 0 aliphatic carbocycles. The molecule has 2 amide bonds. The summed E-state index contributed by atoms with van der Waals surface area (Å²) in [5, 5.41) is 5.72. The Labute approximate surface area is 127 Å². The van der Waals surface area contributed by atoms with Gasteiger partial charge in [-0.1, -0.05) is 26.8 Å². The lowest BCUT2D eigenvalue weighted by molar-refractivity contribution is -0.128. The van der Waals surface area contributed by atoms with E-state index in [1.54, 1.807) is 0 Å². The fourth-order valence-corrected chi connectivity index (χ4v) is 1.76. The molecule has 0 bridgehead atoms. The number of carbonyl (C=O) groups is 2. The van der Waals surface area contributed by atoms with Gasteiger partial charge in [0.05, 0.1) is 0 Å². The third-order valence-corrected chi connectivity index (χ3v) is 3.34. The lowest BCUT2D eigenvalue weighted by Crippen LogP contribution is -2.35. The van der Waals surface area contributed by atoms with E-state index in [1.165, 1.54) is 5.56 Å². The van der Waals surface area contributed by atoms with E-state index in [9.17, 15) is 9.59 Å². The van der Waals surface area contributed by atoms with Gasteiger partial charge in [-0.2, -0.15) is 0 Å². The topological polar surface area (TPSA) is 58.2 Å². The Kier molecular flexibility index (Phi) is 5.94. The summed E-state index contributed by atoms with van der Waals surface area (Å²) in [5.41, 5.74) is 2.80. The van der Waals surface area contributed by atoms with Gasteiger partial charge in [0.2, 0.25) is 11.8 Å². The molecule has 0 aromatic heterocycles. The molecule has 1 rings (SSSR count). The minimum Gasteiger partial charge on any atom is -0.356 e. The average Bonchev–Trinajstić information content (AvgIpc) is 2.37. The van der Waals surface area contributed by atoms with E-state index in [1.807, 2.05) is 52.8 Å². The molecular weight excluding hydrogens is 264 g/mol. The van der Waals surface area contributed by atoms with E-state index >= 15 is 0 Å². The van der Waals surface area contributed by atoms with E-state index < -0.39 is 0 Å². The van der Waals surface area contributed by atoms with E-state index in [0.29, 0.717) is 19.4 Å². The van der Waals surface area contributed by atoms with Gasteiger partial charge in [-0.15, -0.1) is 0 Å². The molecule has 0 unspecified atom stereocenters. The number of aryl methyl sites for hydroxylation is 2. The van der Waals surface area contributed by atoms with Crippen molar-refractivity contribution in [1.29, 1.82) is 0 Å². The maximum Gasteiger partial charge on any atom is 0.225 e. The molecule has 4 heteroatoms. The lowest BCUT2D eigenvalue weighted by atomic mass is 9.96. The van der Waals surface area contributed by atoms with Crippen LogP contribution in [0.4, 0.5) is 5.69 Å². The second-order valence-electron chi connectivity index (χ2n) is 6.46. The van der Waals surface area contributed by atoms with Gasteiger partial charge < -0.3 is 10.6 Å². The molecular formula is C17H26N2O2. The summed E-state index contributed by atoms with van der Waals surface area (Å²) in [5.74, 6) is -0.0136. The van der Waals surface area contributed by atoms with Crippen LogP contribution in [0.1, 0.15) is 44.7 Å². The summed E-state index contributed by atoms with van der Waals surface area (Å²) in [4.78, 5) is 23.5. The highest BCUT2D eigenvalue weighted by atomic mass is 16.2. The maximum absolute atomic E-state index is 11.8. The van der Waals surface area contributed by atoms with Gasteiger partial charge in [0.25, 0.3) is 0 Å². The van der Waals surface area contributed by atoms with Crippen LogP contribution >= 0.6 is 0 Å². The molecule has 0 aliphatic heterocycles. The molecule has 21 heavy (non-hydrogen) atoms. The molecule has 2 N–H and O–H groups in total. The first-order valence-electron chi connectivity index (χ1n) is 7.35. The molecule has 1 aromatic rings. The third kappa shape index (κ3) is 5.98. The zero-order chi connectivity index (χ0) is 16.0. The van der Waals surface area contributed by atoms with Crippen LogP contribution < -0.4 is 10.6 Å². The Bertz CT molecular complexity index is 516. The van der Waals surface area contributed by atoms with Gasteiger partial charge in [0.1, 0.15) is 0 Å².